The van der Waals surface area contributed by atoms with Crippen molar-refractivity contribution in [1.82, 2.24) is 15.3 Å². The lowest BCUT2D eigenvalue weighted by Gasteiger charge is -2.11. The number of nitrogens with zero attached hydrogens (tertiary/aromatic N) is 1. The number of H-pyrrole nitrogens is 1. The Kier molecular flexibility index (Phi) is 5.00. The Hall–Kier alpha value is -1.09. The Morgan fingerprint density at radius 1 is 1.71 bits per heavy atom. The van der Waals surface area contributed by atoms with E-state index in [9.17, 15) is 0 Å². The normalized spacial score (nSPS) is 12.6. The first kappa shape index (κ1) is 11.0. The molecule has 0 aliphatic rings. The van der Waals surface area contributed by atoms with Crippen molar-refractivity contribution in [3.8, 4) is 0 Å². The van der Waals surface area contributed by atoms with E-state index in [2.05, 4.69) is 28.8 Å². The minimum Gasteiger partial charge on any atom is -0.347 e. The molecule has 3 nitrogen and oxygen atoms in total. The zero-order valence-electron chi connectivity index (χ0n) is 8.79. The molecule has 14 heavy (non-hydrogen) atoms. The molecule has 3 heteroatoms. The van der Waals surface area contributed by atoms with E-state index in [0.717, 1.165) is 18.7 Å². The largest absolute Gasteiger partial charge is 0.347 e. The molecule has 78 valence electrons. The van der Waals surface area contributed by atoms with Gasteiger partial charge in [-0.1, -0.05) is 6.08 Å². The number of allylic oxidation sites excluding steroid dienone is 1. The highest BCUT2D eigenvalue weighted by molar-refractivity contribution is 4.93. The summed E-state index contributed by atoms with van der Waals surface area (Å²) in [5, 5.41) is 3.44. The van der Waals surface area contributed by atoms with Crippen LogP contribution in [0.15, 0.2) is 25.2 Å². The molecule has 1 atom stereocenters. The third-order valence-electron chi connectivity index (χ3n) is 2.24. The van der Waals surface area contributed by atoms with E-state index in [4.69, 9.17) is 0 Å². The fourth-order valence-corrected chi connectivity index (χ4v) is 1.34. The van der Waals surface area contributed by atoms with Crippen molar-refractivity contribution in [1.29, 1.82) is 0 Å². The van der Waals surface area contributed by atoms with Crippen LogP contribution in [-0.2, 0) is 6.54 Å². The van der Waals surface area contributed by atoms with Crippen LogP contribution in [0.1, 0.15) is 31.9 Å². The second kappa shape index (κ2) is 6.38. The van der Waals surface area contributed by atoms with Gasteiger partial charge in [-0.2, -0.15) is 0 Å². The van der Waals surface area contributed by atoms with Gasteiger partial charge in [0.1, 0.15) is 0 Å². The highest BCUT2D eigenvalue weighted by atomic mass is 14.9. The summed E-state index contributed by atoms with van der Waals surface area (Å²) in [7, 11) is 0. The molecule has 0 radical (unpaired) electrons. The van der Waals surface area contributed by atoms with E-state index in [1.165, 1.54) is 12.8 Å². The standard InChI is InChI=1S/C11H19N3/c1-3-4-5-6-10(2)13-8-11-7-12-9-14-11/h3,7,9-10,13H,1,4-6,8H2,2H3,(H,12,14). The van der Waals surface area contributed by atoms with E-state index in [-0.39, 0.29) is 0 Å². The zero-order chi connectivity index (χ0) is 10.2. The average Bonchev–Trinajstić information content (AvgIpc) is 2.68. The highest BCUT2D eigenvalue weighted by Gasteiger charge is 2.00. The molecule has 0 aliphatic carbocycles. The second-order valence-electron chi connectivity index (χ2n) is 3.58. The molecule has 1 aromatic rings. The fraction of sp³-hybridized carbons (Fsp3) is 0.545. The van der Waals surface area contributed by atoms with Crippen LogP contribution < -0.4 is 5.32 Å². The first-order valence-corrected chi connectivity index (χ1v) is 5.14. The number of hydrogen-bond acceptors (Lipinski definition) is 2. The number of aromatic nitrogens is 2. The van der Waals surface area contributed by atoms with Crippen molar-refractivity contribution in [2.75, 3.05) is 0 Å². The summed E-state index contributed by atoms with van der Waals surface area (Å²) in [6.07, 6.45) is 9.04. The Morgan fingerprint density at radius 3 is 3.21 bits per heavy atom. The topological polar surface area (TPSA) is 40.7 Å². The molecule has 0 aromatic carbocycles. The third kappa shape index (κ3) is 4.23. The van der Waals surface area contributed by atoms with Gasteiger partial charge >= 0.3 is 0 Å². The first-order valence-electron chi connectivity index (χ1n) is 5.14. The lowest BCUT2D eigenvalue weighted by molar-refractivity contribution is 0.497. The molecule has 0 fully saturated rings. The van der Waals surface area contributed by atoms with Crippen molar-refractivity contribution in [3.63, 3.8) is 0 Å². The van der Waals surface area contributed by atoms with Crippen LogP contribution in [0, 0.1) is 0 Å². The Balaban J connectivity index is 2.08. The quantitative estimate of drug-likeness (QED) is 0.515. The molecule has 0 aliphatic heterocycles. The molecule has 0 spiro atoms. The van der Waals surface area contributed by atoms with Crippen LogP contribution in [0.2, 0.25) is 0 Å². The maximum absolute atomic E-state index is 3.97. The van der Waals surface area contributed by atoms with Crippen LogP contribution >= 0.6 is 0 Å². The lowest BCUT2D eigenvalue weighted by Crippen LogP contribution is -2.25. The summed E-state index contributed by atoms with van der Waals surface area (Å²) < 4.78 is 0. The molecule has 1 rings (SSSR count). The van der Waals surface area contributed by atoms with Gasteiger partial charge in [-0.3, -0.25) is 0 Å². The van der Waals surface area contributed by atoms with Crippen LogP contribution in [-0.4, -0.2) is 16.0 Å². The van der Waals surface area contributed by atoms with E-state index >= 15 is 0 Å². The van der Waals surface area contributed by atoms with Crippen LogP contribution in [0.4, 0.5) is 0 Å². The van der Waals surface area contributed by atoms with Gasteiger partial charge < -0.3 is 10.3 Å². The van der Waals surface area contributed by atoms with Gasteiger partial charge in [0.2, 0.25) is 0 Å². The minimum atomic E-state index is 0.554. The van der Waals surface area contributed by atoms with Gasteiger partial charge in [0.05, 0.1) is 6.33 Å². The van der Waals surface area contributed by atoms with Crippen LogP contribution in [0.3, 0.4) is 0 Å². The molecular weight excluding hydrogens is 174 g/mol. The van der Waals surface area contributed by atoms with Crippen molar-refractivity contribution in [2.24, 2.45) is 0 Å². The fourth-order valence-electron chi connectivity index (χ4n) is 1.34. The summed E-state index contributed by atoms with van der Waals surface area (Å²) in [4.78, 5) is 7.04. The van der Waals surface area contributed by atoms with E-state index in [1.807, 2.05) is 12.3 Å². The highest BCUT2D eigenvalue weighted by Crippen LogP contribution is 2.01. The molecule has 1 aromatic heterocycles. The van der Waals surface area contributed by atoms with Crippen LogP contribution in [0.25, 0.3) is 0 Å². The van der Waals surface area contributed by atoms with E-state index < -0.39 is 0 Å². The number of hydrogen-bond donors (Lipinski definition) is 2. The Bertz CT molecular complexity index is 241. The maximum Gasteiger partial charge on any atom is 0.0922 e. The monoisotopic (exact) mass is 193 g/mol. The summed E-state index contributed by atoms with van der Waals surface area (Å²) in [5.74, 6) is 0. The van der Waals surface area contributed by atoms with Crippen molar-refractivity contribution >= 4 is 0 Å². The Morgan fingerprint density at radius 2 is 2.57 bits per heavy atom. The summed E-state index contributed by atoms with van der Waals surface area (Å²) in [5.41, 5.74) is 1.14. The minimum absolute atomic E-state index is 0.554. The summed E-state index contributed by atoms with van der Waals surface area (Å²) in [6, 6.07) is 0.554. The number of imidazole rings is 1. The van der Waals surface area contributed by atoms with E-state index in [1.54, 1.807) is 6.33 Å². The van der Waals surface area contributed by atoms with Gasteiger partial charge in [-0.05, 0) is 26.2 Å². The average molecular weight is 193 g/mol. The Labute approximate surface area is 85.6 Å². The molecule has 1 unspecified atom stereocenters. The predicted octanol–water partition coefficient (Wildman–Crippen LogP) is 2.24. The smallest absolute Gasteiger partial charge is 0.0922 e. The van der Waals surface area contributed by atoms with Gasteiger partial charge in [-0.25, -0.2) is 4.98 Å². The SMILES string of the molecule is C=CCCCC(C)NCc1cnc[nH]1. The lowest BCUT2D eigenvalue weighted by atomic mass is 10.1. The van der Waals surface area contributed by atoms with E-state index in [0.29, 0.717) is 6.04 Å². The molecular formula is C11H19N3. The summed E-state index contributed by atoms with van der Waals surface area (Å²) >= 11 is 0. The molecule has 0 saturated carbocycles. The first-order chi connectivity index (χ1) is 6.83. The maximum atomic E-state index is 3.97. The molecule has 2 N–H and O–H groups in total. The zero-order valence-corrected chi connectivity index (χ0v) is 8.79. The second-order valence-corrected chi connectivity index (χ2v) is 3.58. The predicted molar refractivity (Wildman–Crippen MR) is 58.9 cm³/mol. The van der Waals surface area contributed by atoms with Crippen molar-refractivity contribution in [2.45, 2.75) is 38.8 Å². The molecule has 0 saturated heterocycles. The molecule has 0 bridgehead atoms. The van der Waals surface area contributed by atoms with Crippen molar-refractivity contribution < 1.29 is 0 Å². The number of rotatable bonds is 7. The van der Waals surface area contributed by atoms with Gasteiger partial charge in [0.15, 0.2) is 0 Å². The summed E-state index contributed by atoms with van der Waals surface area (Å²) in [6.45, 7) is 6.79. The number of aromatic amines is 1. The third-order valence-corrected chi connectivity index (χ3v) is 2.24. The number of unbranched alkanes of at least 4 members (excludes halogenated alkanes) is 1. The molecule has 0 amide bonds. The number of nitrogens with one attached hydrogen (secondary N) is 2. The van der Waals surface area contributed by atoms with Gasteiger partial charge in [-0.15, -0.1) is 6.58 Å². The van der Waals surface area contributed by atoms with Gasteiger partial charge in [0.25, 0.3) is 0 Å². The van der Waals surface area contributed by atoms with Gasteiger partial charge in [0, 0.05) is 24.5 Å². The molecule has 1 heterocycles. The van der Waals surface area contributed by atoms with Crippen molar-refractivity contribution in [3.05, 3.63) is 30.9 Å². The van der Waals surface area contributed by atoms with Crippen LogP contribution in [0.5, 0.6) is 0 Å².